The molecule has 35 heavy (non-hydrogen) atoms. The Hall–Kier alpha value is -4.84. The van der Waals surface area contributed by atoms with Crippen LogP contribution in [0.5, 0.6) is 17.2 Å². The fourth-order valence-corrected chi connectivity index (χ4v) is 3.44. The number of nitrogens with one attached hydrogen (secondary N) is 1. The average Bonchev–Trinajstić information content (AvgIpc) is 3.30. The predicted octanol–water partition coefficient (Wildman–Crippen LogP) is 5.52. The summed E-state index contributed by atoms with van der Waals surface area (Å²) in [6.07, 6.45) is 1.72. The van der Waals surface area contributed by atoms with E-state index in [-0.39, 0.29) is 12.3 Å². The van der Waals surface area contributed by atoms with Crippen LogP contribution in [0.1, 0.15) is 23.9 Å². The molecule has 0 aliphatic heterocycles. The number of ether oxygens (including phenoxy) is 3. The summed E-state index contributed by atoms with van der Waals surface area (Å²) in [5.41, 5.74) is 3.41. The Morgan fingerprint density at radius 1 is 1.11 bits per heavy atom. The van der Waals surface area contributed by atoms with E-state index in [0.717, 1.165) is 22.2 Å². The third-order valence-electron chi connectivity index (χ3n) is 5.18. The number of imidazole rings is 1. The maximum Gasteiger partial charge on any atom is 0.269 e. The summed E-state index contributed by atoms with van der Waals surface area (Å²) in [6, 6.07) is 19.2. The van der Waals surface area contributed by atoms with E-state index in [1.165, 1.54) is 12.1 Å². The highest BCUT2D eigenvalue weighted by molar-refractivity contribution is 5.90. The summed E-state index contributed by atoms with van der Waals surface area (Å²) in [5, 5.41) is 20.6. The number of fused-ring (bicyclic) bond motifs is 1. The van der Waals surface area contributed by atoms with Crippen molar-refractivity contribution in [1.82, 2.24) is 9.97 Å². The molecule has 0 saturated heterocycles. The number of hydrogen-bond acceptors (Lipinski definition) is 7. The van der Waals surface area contributed by atoms with Gasteiger partial charge < -0.3 is 19.2 Å². The minimum atomic E-state index is -0.443. The minimum absolute atomic E-state index is 0.0248. The van der Waals surface area contributed by atoms with E-state index >= 15 is 0 Å². The van der Waals surface area contributed by atoms with Gasteiger partial charge in [0.05, 0.1) is 35.2 Å². The number of benzene rings is 3. The molecule has 0 amide bonds. The van der Waals surface area contributed by atoms with Gasteiger partial charge in [0.1, 0.15) is 24.3 Å². The topological polar surface area (TPSA) is 123 Å². The molecule has 0 atom stereocenters. The van der Waals surface area contributed by atoms with Crippen LogP contribution < -0.4 is 14.2 Å². The van der Waals surface area contributed by atoms with E-state index in [9.17, 15) is 15.4 Å². The molecular formula is C26H22N4O5. The number of hydrogen-bond donors (Lipinski definition) is 1. The van der Waals surface area contributed by atoms with Gasteiger partial charge in [-0.05, 0) is 60.5 Å². The van der Waals surface area contributed by atoms with E-state index in [2.05, 4.69) is 16.0 Å². The second-order valence-electron chi connectivity index (χ2n) is 7.49. The fraction of sp³-hybridized carbons (Fsp3) is 0.154. The van der Waals surface area contributed by atoms with Gasteiger partial charge in [-0.2, -0.15) is 5.26 Å². The van der Waals surface area contributed by atoms with E-state index in [1.54, 1.807) is 37.5 Å². The number of nitriles is 1. The number of aromatic amines is 1. The number of non-ortho nitro benzene ring substituents is 1. The van der Waals surface area contributed by atoms with Gasteiger partial charge in [-0.25, -0.2) is 4.98 Å². The SMILES string of the molecule is CCOc1cc(/C=C(/C#N)c2nc3ccc(OC)cc3[nH]2)ccc1OCc1ccc([N+](=O)[O-])cc1. The molecule has 0 spiro atoms. The number of H-pyrrole nitrogens is 1. The molecule has 3 aromatic carbocycles. The molecule has 0 unspecified atom stereocenters. The summed E-state index contributed by atoms with van der Waals surface area (Å²) in [6.45, 7) is 2.52. The van der Waals surface area contributed by atoms with Crippen LogP contribution in [0.15, 0.2) is 60.7 Å². The van der Waals surface area contributed by atoms with Gasteiger partial charge in [0.2, 0.25) is 0 Å². The van der Waals surface area contributed by atoms with Crippen molar-refractivity contribution in [3.63, 3.8) is 0 Å². The molecule has 0 radical (unpaired) electrons. The number of allylic oxidation sites excluding steroid dienone is 1. The monoisotopic (exact) mass is 470 g/mol. The number of aromatic nitrogens is 2. The molecule has 0 fully saturated rings. The molecule has 4 rings (SSSR count). The molecule has 1 aromatic heterocycles. The van der Waals surface area contributed by atoms with E-state index in [4.69, 9.17) is 14.2 Å². The number of nitro groups is 1. The number of nitro benzene ring substituents is 1. The zero-order chi connectivity index (χ0) is 24.8. The number of methoxy groups -OCH3 is 1. The Kier molecular flexibility index (Phi) is 6.93. The van der Waals surface area contributed by atoms with Crippen molar-refractivity contribution >= 4 is 28.4 Å². The summed E-state index contributed by atoms with van der Waals surface area (Å²) in [5.74, 6) is 2.19. The van der Waals surface area contributed by atoms with Gasteiger partial charge in [-0.3, -0.25) is 10.1 Å². The Bertz CT molecular complexity index is 1430. The van der Waals surface area contributed by atoms with Gasteiger partial charge in [-0.15, -0.1) is 0 Å². The van der Waals surface area contributed by atoms with Crippen molar-refractivity contribution in [2.75, 3.05) is 13.7 Å². The highest BCUT2D eigenvalue weighted by Gasteiger charge is 2.12. The molecule has 1 heterocycles. The van der Waals surface area contributed by atoms with Gasteiger partial charge in [0.15, 0.2) is 11.5 Å². The molecule has 1 N–H and O–H groups in total. The summed E-state index contributed by atoms with van der Waals surface area (Å²) >= 11 is 0. The quantitative estimate of drug-likeness (QED) is 0.194. The predicted molar refractivity (Wildman–Crippen MR) is 131 cm³/mol. The number of nitrogens with zero attached hydrogens (tertiary/aromatic N) is 3. The lowest BCUT2D eigenvalue weighted by Crippen LogP contribution is -2.00. The Morgan fingerprint density at radius 2 is 1.91 bits per heavy atom. The molecule has 0 aliphatic rings. The molecule has 9 nitrogen and oxygen atoms in total. The lowest BCUT2D eigenvalue weighted by atomic mass is 10.1. The molecule has 0 saturated carbocycles. The summed E-state index contributed by atoms with van der Waals surface area (Å²) in [4.78, 5) is 18.1. The average molecular weight is 470 g/mol. The lowest BCUT2D eigenvalue weighted by Gasteiger charge is -2.13. The third kappa shape index (κ3) is 5.39. The first-order chi connectivity index (χ1) is 17.0. The second kappa shape index (κ2) is 10.4. The largest absolute Gasteiger partial charge is 0.497 e. The van der Waals surface area contributed by atoms with Gasteiger partial charge in [0, 0.05) is 18.2 Å². The summed E-state index contributed by atoms with van der Waals surface area (Å²) < 4.78 is 16.9. The molecule has 0 bridgehead atoms. The van der Waals surface area contributed by atoms with Crippen LogP contribution in [0.2, 0.25) is 0 Å². The molecular weight excluding hydrogens is 448 g/mol. The minimum Gasteiger partial charge on any atom is -0.497 e. The van der Waals surface area contributed by atoms with Gasteiger partial charge in [0.25, 0.3) is 5.69 Å². The van der Waals surface area contributed by atoms with Gasteiger partial charge in [-0.1, -0.05) is 6.07 Å². The maximum absolute atomic E-state index is 10.8. The van der Waals surface area contributed by atoms with Crippen molar-refractivity contribution < 1.29 is 19.1 Å². The van der Waals surface area contributed by atoms with Gasteiger partial charge >= 0.3 is 0 Å². The second-order valence-corrected chi connectivity index (χ2v) is 7.49. The van der Waals surface area contributed by atoms with E-state index in [1.807, 2.05) is 31.2 Å². The summed E-state index contributed by atoms with van der Waals surface area (Å²) in [7, 11) is 1.59. The lowest BCUT2D eigenvalue weighted by molar-refractivity contribution is -0.384. The normalized spacial score (nSPS) is 11.2. The van der Waals surface area contributed by atoms with Crippen LogP contribution in [-0.2, 0) is 6.61 Å². The van der Waals surface area contributed by atoms with Crippen LogP contribution in [0.3, 0.4) is 0 Å². The standard InChI is InChI=1S/C26H22N4O5/c1-3-34-25-13-18(6-11-24(25)35-16-17-4-7-20(8-5-17)30(31)32)12-19(15-27)26-28-22-10-9-21(33-2)14-23(22)29-26/h4-14H,3,16H2,1-2H3,(H,28,29)/b19-12-. The van der Waals surface area contributed by atoms with Crippen molar-refractivity contribution in [2.24, 2.45) is 0 Å². The van der Waals surface area contributed by atoms with Crippen molar-refractivity contribution in [1.29, 1.82) is 5.26 Å². The molecule has 4 aromatic rings. The Labute approximate surface area is 201 Å². The molecule has 176 valence electrons. The van der Waals surface area contributed by atoms with Crippen molar-refractivity contribution in [3.8, 4) is 23.3 Å². The molecule has 0 aliphatic carbocycles. The zero-order valence-corrected chi connectivity index (χ0v) is 19.1. The van der Waals surface area contributed by atoms with Crippen molar-refractivity contribution in [2.45, 2.75) is 13.5 Å². The number of rotatable bonds is 9. The smallest absolute Gasteiger partial charge is 0.269 e. The molecule has 9 heteroatoms. The Morgan fingerprint density at radius 3 is 2.60 bits per heavy atom. The maximum atomic E-state index is 10.8. The first-order valence-corrected chi connectivity index (χ1v) is 10.8. The van der Waals surface area contributed by atoms with Crippen molar-refractivity contribution in [3.05, 3.63) is 87.7 Å². The highest BCUT2D eigenvalue weighted by atomic mass is 16.6. The van der Waals surface area contributed by atoms with Crippen LogP contribution in [0.4, 0.5) is 5.69 Å². The van der Waals surface area contributed by atoms with Crippen LogP contribution in [0, 0.1) is 21.4 Å². The van der Waals surface area contributed by atoms with Crippen LogP contribution in [-0.4, -0.2) is 28.6 Å². The Balaban J connectivity index is 1.57. The highest BCUT2D eigenvalue weighted by Crippen LogP contribution is 2.31. The van der Waals surface area contributed by atoms with Crippen LogP contribution >= 0.6 is 0 Å². The van der Waals surface area contributed by atoms with Crippen LogP contribution in [0.25, 0.3) is 22.7 Å². The first kappa shape index (κ1) is 23.3. The third-order valence-corrected chi connectivity index (χ3v) is 5.18. The first-order valence-electron chi connectivity index (χ1n) is 10.8. The zero-order valence-electron chi connectivity index (χ0n) is 19.1. The van der Waals surface area contributed by atoms with E-state index < -0.39 is 4.92 Å². The van der Waals surface area contributed by atoms with E-state index in [0.29, 0.717) is 35.3 Å². The fourth-order valence-electron chi connectivity index (χ4n) is 3.44.